The van der Waals surface area contributed by atoms with Gasteiger partial charge in [0, 0.05) is 12.7 Å². The first-order valence-electron chi connectivity index (χ1n) is 5.49. The summed E-state index contributed by atoms with van der Waals surface area (Å²) in [6.45, 7) is 1.72. The van der Waals surface area contributed by atoms with Crippen molar-refractivity contribution in [1.82, 2.24) is 15.0 Å². The maximum absolute atomic E-state index is 11.9. The Bertz CT molecular complexity index is 648. The van der Waals surface area contributed by atoms with Crippen molar-refractivity contribution in [2.45, 2.75) is 6.92 Å². The molecule has 0 saturated heterocycles. The normalized spacial score (nSPS) is 10.2. The van der Waals surface area contributed by atoms with Gasteiger partial charge in [-0.1, -0.05) is 0 Å². The quantitative estimate of drug-likeness (QED) is 0.860. The molecule has 0 fully saturated rings. The van der Waals surface area contributed by atoms with Crippen molar-refractivity contribution in [2.75, 3.05) is 5.32 Å². The zero-order valence-corrected chi connectivity index (χ0v) is 10.4. The van der Waals surface area contributed by atoms with Crippen LogP contribution in [-0.2, 0) is 7.05 Å². The molecule has 0 bridgehead atoms. The number of aryl methyl sites for hydroxylation is 2. The number of amides is 1. The van der Waals surface area contributed by atoms with E-state index < -0.39 is 5.97 Å². The van der Waals surface area contributed by atoms with Gasteiger partial charge in [-0.2, -0.15) is 9.90 Å². The smallest absolute Gasteiger partial charge is 0.335 e. The second kappa shape index (κ2) is 4.89. The third-order valence-electron chi connectivity index (χ3n) is 2.55. The number of carboxylic acid groups (broad SMARTS) is 1. The highest BCUT2D eigenvalue weighted by Gasteiger charge is 2.12. The van der Waals surface area contributed by atoms with E-state index in [1.54, 1.807) is 20.0 Å². The molecule has 7 heteroatoms. The maximum Gasteiger partial charge on any atom is 0.335 e. The number of aromatic carboxylic acids is 1. The Morgan fingerprint density at radius 3 is 2.63 bits per heavy atom. The van der Waals surface area contributed by atoms with Crippen molar-refractivity contribution in [3.63, 3.8) is 0 Å². The number of hydrogen-bond acceptors (Lipinski definition) is 4. The molecule has 1 heterocycles. The van der Waals surface area contributed by atoms with Gasteiger partial charge in [-0.15, -0.1) is 5.10 Å². The van der Waals surface area contributed by atoms with E-state index in [9.17, 15) is 9.59 Å². The summed E-state index contributed by atoms with van der Waals surface area (Å²) < 4.78 is 0. The molecule has 0 unspecified atom stereocenters. The van der Waals surface area contributed by atoms with Crippen LogP contribution in [0.2, 0.25) is 0 Å². The number of rotatable bonds is 3. The molecule has 7 nitrogen and oxygen atoms in total. The number of anilines is 1. The third-order valence-corrected chi connectivity index (χ3v) is 2.55. The van der Waals surface area contributed by atoms with Crippen molar-refractivity contribution in [2.24, 2.45) is 7.05 Å². The Hall–Kier alpha value is -2.70. The van der Waals surface area contributed by atoms with E-state index in [1.165, 1.54) is 23.1 Å². The maximum atomic E-state index is 11.9. The van der Waals surface area contributed by atoms with Gasteiger partial charge in [-0.25, -0.2) is 4.79 Å². The molecule has 0 saturated carbocycles. The highest BCUT2D eigenvalue weighted by molar-refractivity contribution is 6.03. The Balaban J connectivity index is 2.20. The van der Waals surface area contributed by atoms with E-state index in [0.717, 1.165) is 0 Å². The van der Waals surface area contributed by atoms with Gasteiger partial charge in [0.1, 0.15) is 0 Å². The summed E-state index contributed by atoms with van der Waals surface area (Å²) in [5.41, 5.74) is 1.58. The van der Waals surface area contributed by atoms with Crippen LogP contribution in [0, 0.1) is 6.92 Å². The SMILES string of the molecule is Cc1cc(C(=O)O)ccc1NC(=O)c1cnn(C)n1. The van der Waals surface area contributed by atoms with E-state index in [4.69, 9.17) is 5.11 Å². The van der Waals surface area contributed by atoms with Crippen LogP contribution < -0.4 is 5.32 Å². The number of carbonyl (C=O) groups is 2. The number of nitrogens with zero attached hydrogens (tertiary/aromatic N) is 3. The fourth-order valence-electron chi connectivity index (χ4n) is 1.57. The van der Waals surface area contributed by atoms with Crippen LogP contribution >= 0.6 is 0 Å². The van der Waals surface area contributed by atoms with Crippen molar-refractivity contribution in [1.29, 1.82) is 0 Å². The first-order valence-corrected chi connectivity index (χ1v) is 5.49. The summed E-state index contributed by atoms with van der Waals surface area (Å²) in [5.74, 6) is -1.39. The Labute approximate surface area is 108 Å². The van der Waals surface area contributed by atoms with Crippen LogP contribution in [0.25, 0.3) is 0 Å². The van der Waals surface area contributed by atoms with Crippen molar-refractivity contribution in [3.05, 3.63) is 41.2 Å². The summed E-state index contributed by atoms with van der Waals surface area (Å²) in [5, 5.41) is 19.2. The fourth-order valence-corrected chi connectivity index (χ4v) is 1.57. The Kier molecular flexibility index (Phi) is 3.28. The minimum Gasteiger partial charge on any atom is -0.478 e. The zero-order chi connectivity index (χ0) is 14.0. The number of aromatic nitrogens is 3. The number of nitrogens with one attached hydrogen (secondary N) is 1. The van der Waals surface area contributed by atoms with Gasteiger partial charge >= 0.3 is 5.97 Å². The van der Waals surface area contributed by atoms with Gasteiger partial charge in [-0.05, 0) is 30.7 Å². The first-order chi connectivity index (χ1) is 8.97. The molecule has 19 heavy (non-hydrogen) atoms. The highest BCUT2D eigenvalue weighted by Crippen LogP contribution is 2.17. The molecule has 2 N–H and O–H groups in total. The first kappa shape index (κ1) is 12.7. The summed E-state index contributed by atoms with van der Waals surface area (Å²) in [4.78, 5) is 23.9. The molecule has 0 aliphatic heterocycles. The van der Waals surface area contributed by atoms with Crippen LogP contribution in [0.4, 0.5) is 5.69 Å². The lowest BCUT2D eigenvalue weighted by molar-refractivity contribution is 0.0696. The van der Waals surface area contributed by atoms with E-state index in [-0.39, 0.29) is 17.2 Å². The van der Waals surface area contributed by atoms with Crippen LogP contribution in [0.15, 0.2) is 24.4 Å². The number of hydrogen-bond donors (Lipinski definition) is 2. The molecule has 0 aliphatic rings. The Morgan fingerprint density at radius 1 is 1.37 bits per heavy atom. The molecule has 2 aromatic rings. The van der Waals surface area contributed by atoms with Gasteiger partial charge in [0.2, 0.25) is 0 Å². The van der Waals surface area contributed by atoms with Crippen molar-refractivity contribution >= 4 is 17.6 Å². The lowest BCUT2D eigenvalue weighted by atomic mass is 10.1. The molecule has 0 aliphatic carbocycles. The molecule has 0 radical (unpaired) electrons. The van der Waals surface area contributed by atoms with Crippen LogP contribution in [0.3, 0.4) is 0 Å². The minimum absolute atomic E-state index is 0.176. The predicted octanol–water partition coefficient (Wildman–Crippen LogP) is 1.07. The van der Waals surface area contributed by atoms with Crippen LogP contribution in [0.5, 0.6) is 0 Å². The average Bonchev–Trinajstić information content (AvgIpc) is 2.78. The largest absolute Gasteiger partial charge is 0.478 e. The van der Waals surface area contributed by atoms with E-state index >= 15 is 0 Å². The summed E-state index contributed by atoms with van der Waals surface area (Å²) >= 11 is 0. The van der Waals surface area contributed by atoms with Crippen molar-refractivity contribution in [3.8, 4) is 0 Å². The predicted molar refractivity (Wildman–Crippen MR) is 67.1 cm³/mol. The average molecular weight is 260 g/mol. The molecular formula is C12H12N4O3. The van der Waals surface area contributed by atoms with Crippen LogP contribution in [0.1, 0.15) is 26.4 Å². The van der Waals surface area contributed by atoms with Gasteiger partial charge in [-0.3, -0.25) is 4.79 Å². The van der Waals surface area contributed by atoms with E-state index in [0.29, 0.717) is 11.3 Å². The van der Waals surface area contributed by atoms with E-state index in [1.807, 2.05) is 0 Å². The zero-order valence-electron chi connectivity index (χ0n) is 10.4. The second-order valence-corrected chi connectivity index (χ2v) is 4.01. The highest BCUT2D eigenvalue weighted by atomic mass is 16.4. The van der Waals surface area contributed by atoms with Gasteiger partial charge in [0.05, 0.1) is 11.8 Å². The number of carbonyl (C=O) groups excluding carboxylic acids is 1. The molecule has 0 spiro atoms. The van der Waals surface area contributed by atoms with E-state index in [2.05, 4.69) is 15.5 Å². The Morgan fingerprint density at radius 2 is 2.11 bits per heavy atom. The van der Waals surface area contributed by atoms with Gasteiger partial charge < -0.3 is 10.4 Å². The molecule has 1 aromatic carbocycles. The molecule has 0 atom stereocenters. The molecular weight excluding hydrogens is 248 g/mol. The van der Waals surface area contributed by atoms with Crippen LogP contribution in [-0.4, -0.2) is 32.0 Å². The second-order valence-electron chi connectivity index (χ2n) is 4.01. The molecule has 1 amide bonds. The number of benzene rings is 1. The molecule has 98 valence electrons. The topological polar surface area (TPSA) is 97.1 Å². The summed E-state index contributed by atoms with van der Waals surface area (Å²) in [6.07, 6.45) is 1.36. The minimum atomic E-state index is -1.00. The fraction of sp³-hybridized carbons (Fsp3) is 0.167. The monoisotopic (exact) mass is 260 g/mol. The molecule has 1 aromatic heterocycles. The van der Waals surface area contributed by atoms with Gasteiger partial charge in [0.15, 0.2) is 5.69 Å². The lowest BCUT2D eigenvalue weighted by Crippen LogP contribution is -2.14. The lowest BCUT2D eigenvalue weighted by Gasteiger charge is -2.07. The molecule has 2 rings (SSSR count). The summed E-state index contributed by atoms with van der Waals surface area (Å²) in [7, 11) is 1.61. The number of carboxylic acids is 1. The third kappa shape index (κ3) is 2.76. The summed E-state index contributed by atoms with van der Waals surface area (Å²) in [6, 6.07) is 4.48. The van der Waals surface area contributed by atoms with Gasteiger partial charge in [0.25, 0.3) is 5.91 Å². The standard InChI is InChI=1S/C12H12N4O3/c1-7-5-8(12(18)19)3-4-9(7)14-11(17)10-6-13-16(2)15-10/h3-6H,1-2H3,(H,14,17)(H,18,19). The van der Waals surface area contributed by atoms with Crippen molar-refractivity contribution < 1.29 is 14.7 Å².